The first-order chi connectivity index (χ1) is 13.8. The van der Waals surface area contributed by atoms with E-state index in [0.29, 0.717) is 0 Å². The van der Waals surface area contributed by atoms with E-state index in [9.17, 15) is 0 Å². The number of benzene rings is 2. The monoisotopic (exact) mass is 393 g/mol. The van der Waals surface area contributed by atoms with Crippen LogP contribution >= 0.6 is 7.92 Å². The van der Waals surface area contributed by atoms with Crippen LogP contribution in [0.15, 0.2) is 48.5 Å². The third kappa shape index (κ3) is 4.30. The molecular formula is C26H36NP. The van der Waals surface area contributed by atoms with Gasteiger partial charge < -0.3 is 4.90 Å². The van der Waals surface area contributed by atoms with Gasteiger partial charge in [-0.2, -0.15) is 0 Å². The van der Waals surface area contributed by atoms with Crippen LogP contribution in [0.5, 0.6) is 0 Å². The third-order valence-electron chi connectivity index (χ3n) is 6.78. The standard InChI is InChI=1S/C26H36NP/c1-27(2)24-19-12-20-25(26(24)21-13-6-3-7-14-21)28(22-15-8-4-9-16-22)23-17-10-5-11-18-23/h3,6-7,12-14,19-20,22-23H,4-5,8-11,15-18H2,1-2H3. The molecule has 4 rings (SSSR count). The summed E-state index contributed by atoms with van der Waals surface area (Å²) in [5, 5.41) is 1.70. The predicted molar refractivity (Wildman–Crippen MR) is 127 cm³/mol. The smallest absolute Gasteiger partial charge is 0.0447 e. The first-order valence-corrected chi connectivity index (χ1v) is 12.9. The molecule has 28 heavy (non-hydrogen) atoms. The Kier molecular flexibility index (Phi) is 6.73. The van der Waals surface area contributed by atoms with E-state index in [1.807, 2.05) is 0 Å². The second-order valence-electron chi connectivity index (χ2n) is 8.92. The van der Waals surface area contributed by atoms with Crippen LogP contribution in [0.25, 0.3) is 11.1 Å². The highest BCUT2D eigenvalue weighted by Gasteiger charge is 2.34. The zero-order valence-corrected chi connectivity index (χ0v) is 18.6. The van der Waals surface area contributed by atoms with E-state index >= 15 is 0 Å². The molecule has 0 aromatic heterocycles. The molecule has 0 bridgehead atoms. The summed E-state index contributed by atoms with van der Waals surface area (Å²) in [6.45, 7) is 0. The summed E-state index contributed by atoms with van der Waals surface area (Å²) in [5.74, 6) is 0. The van der Waals surface area contributed by atoms with E-state index in [2.05, 4.69) is 67.5 Å². The molecule has 0 unspecified atom stereocenters. The maximum atomic E-state index is 2.50. The maximum absolute atomic E-state index is 2.50. The van der Waals surface area contributed by atoms with Crippen LogP contribution in [0, 0.1) is 0 Å². The minimum atomic E-state index is -0.104. The zero-order valence-electron chi connectivity index (χ0n) is 17.7. The zero-order chi connectivity index (χ0) is 19.3. The van der Waals surface area contributed by atoms with Crippen LogP contribution in [-0.2, 0) is 0 Å². The Morgan fingerprint density at radius 2 is 1.25 bits per heavy atom. The minimum Gasteiger partial charge on any atom is -0.377 e. The second kappa shape index (κ2) is 9.45. The SMILES string of the molecule is CN(C)c1cccc(P(C2CCCCC2)C2CCCCC2)c1-c1ccccc1. The number of nitrogens with zero attached hydrogens (tertiary/aromatic N) is 1. The van der Waals surface area contributed by atoms with Gasteiger partial charge >= 0.3 is 0 Å². The Labute approximate surface area is 173 Å². The number of anilines is 1. The lowest BCUT2D eigenvalue weighted by Crippen LogP contribution is -2.28. The molecule has 0 aliphatic heterocycles. The molecule has 0 amide bonds. The Bertz CT molecular complexity index is 724. The topological polar surface area (TPSA) is 3.24 Å². The van der Waals surface area contributed by atoms with E-state index in [-0.39, 0.29) is 7.92 Å². The second-order valence-corrected chi connectivity index (χ2v) is 11.7. The number of rotatable bonds is 5. The predicted octanol–water partition coefficient (Wildman–Crippen LogP) is 7.19. The minimum absolute atomic E-state index is 0.104. The molecule has 2 aromatic rings. The van der Waals surface area contributed by atoms with Crippen LogP contribution < -0.4 is 10.2 Å². The molecule has 0 spiro atoms. The van der Waals surface area contributed by atoms with Gasteiger partial charge in [0.15, 0.2) is 0 Å². The van der Waals surface area contributed by atoms with E-state index < -0.39 is 0 Å². The van der Waals surface area contributed by atoms with Crippen LogP contribution in [0.2, 0.25) is 0 Å². The van der Waals surface area contributed by atoms with Gasteiger partial charge in [0.1, 0.15) is 0 Å². The van der Waals surface area contributed by atoms with Gasteiger partial charge in [-0.05, 0) is 53.9 Å². The highest BCUT2D eigenvalue weighted by atomic mass is 31.1. The van der Waals surface area contributed by atoms with Gasteiger partial charge in [0.05, 0.1) is 0 Å². The van der Waals surface area contributed by atoms with Gasteiger partial charge in [0, 0.05) is 25.3 Å². The van der Waals surface area contributed by atoms with Gasteiger partial charge in [-0.25, -0.2) is 0 Å². The van der Waals surface area contributed by atoms with Crippen LogP contribution in [-0.4, -0.2) is 25.4 Å². The van der Waals surface area contributed by atoms with Crippen molar-refractivity contribution in [1.29, 1.82) is 0 Å². The van der Waals surface area contributed by atoms with E-state index in [1.54, 1.807) is 5.30 Å². The maximum Gasteiger partial charge on any atom is 0.0447 e. The van der Waals surface area contributed by atoms with Crippen molar-refractivity contribution >= 4 is 18.9 Å². The fourth-order valence-electron chi connectivity index (χ4n) is 5.43. The van der Waals surface area contributed by atoms with Crippen LogP contribution in [0.1, 0.15) is 64.2 Å². The molecule has 2 fully saturated rings. The molecule has 0 N–H and O–H groups in total. The van der Waals surface area contributed by atoms with Gasteiger partial charge in [-0.3, -0.25) is 0 Å². The van der Waals surface area contributed by atoms with E-state index in [1.165, 1.54) is 81.0 Å². The van der Waals surface area contributed by atoms with Crippen LogP contribution in [0.4, 0.5) is 5.69 Å². The van der Waals surface area contributed by atoms with Gasteiger partial charge in [-0.1, -0.05) is 88.9 Å². The average molecular weight is 394 g/mol. The highest BCUT2D eigenvalue weighted by molar-refractivity contribution is 7.67. The normalized spacial score (nSPS) is 19.1. The third-order valence-corrected chi connectivity index (χ3v) is 10.3. The van der Waals surface area contributed by atoms with Gasteiger partial charge in [0.2, 0.25) is 0 Å². The van der Waals surface area contributed by atoms with Gasteiger partial charge in [0.25, 0.3) is 0 Å². The Hall–Kier alpha value is -1.33. The Balaban J connectivity index is 1.84. The summed E-state index contributed by atoms with van der Waals surface area (Å²) in [4.78, 5) is 2.32. The molecule has 0 heterocycles. The summed E-state index contributed by atoms with van der Waals surface area (Å²) in [7, 11) is 4.30. The number of hydrogen-bond donors (Lipinski definition) is 0. The molecule has 150 valence electrons. The number of hydrogen-bond acceptors (Lipinski definition) is 1. The van der Waals surface area contributed by atoms with Crippen molar-refractivity contribution in [3.63, 3.8) is 0 Å². The van der Waals surface area contributed by atoms with Crippen molar-refractivity contribution in [2.45, 2.75) is 75.5 Å². The Morgan fingerprint density at radius 3 is 1.79 bits per heavy atom. The van der Waals surface area contributed by atoms with Gasteiger partial charge in [-0.15, -0.1) is 0 Å². The van der Waals surface area contributed by atoms with Crippen molar-refractivity contribution in [1.82, 2.24) is 0 Å². The summed E-state index contributed by atoms with van der Waals surface area (Å²) in [5.41, 5.74) is 6.19. The lowest BCUT2D eigenvalue weighted by molar-refractivity contribution is 0.487. The average Bonchev–Trinajstić information content (AvgIpc) is 2.76. The molecule has 1 nitrogen and oxygen atoms in total. The first kappa shape index (κ1) is 20.0. The molecule has 2 aliphatic rings. The van der Waals surface area contributed by atoms with Crippen molar-refractivity contribution in [3.8, 4) is 11.1 Å². The van der Waals surface area contributed by atoms with E-state index in [0.717, 1.165) is 11.3 Å². The first-order valence-electron chi connectivity index (χ1n) is 11.4. The highest BCUT2D eigenvalue weighted by Crippen LogP contribution is 2.56. The molecule has 0 radical (unpaired) electrons. The fourth-order valence-corrected chi connectivity index (χ4v) is 9.41. The van der Waals surface area contributed by atoms with Crippen molar-refractivity contribution in [2.24, 2.45) is 0 Å². The summed E-state index contributed by atoms with van der Waals surface area (Å²) < 4.78 is 0. The quantitative estimate of drug-likeness (QED) is 0.486. The summed E-state index contributed by atoms with van der Waals surface area (Å²) in [6.07, 6.45) is 14.5. The molecule has 2 heteroatoms. The summed E-state index contributed by atoms with van der Waals surface area (Å²) >= 11 is 0. The molecule has 2 saturated carbocycles. The Morgan fingerprint density at radius 1 is 0.679 bits per heavy atom. The molecule has 2 aliphatic carbocycles. The summed E-state index contributed by atoms with van der Waals surface area (Å²) in [6, 6.07) is 18.3. The largest absolute Gasteiger partial charge is 0.377 e. The van der Waals surface area contributed by atoms with Crippen LogP contribution in [0.3, 0.4) is 0 Å². The lowest BCUT2D eigenvalue weighted by atomic mass is 9.99. The molecule has 2 aromatic carbocycles. The van der Waals surface area contributed by atoms with Crippen molar-refractivity contribution < 1.29 is 0 Å². The van der Waals surface area contributed by atoms with Crippen molar-refractivity contribution in [3.05, 3.63) is 48.5 Å². The van der Waals surface area contributed by atoms with Crippen molar-refractivity contribution in [2.75, 3.05) is 19.0 Å². The van der Waals surface area contributed by atoms with E-state index in [4.69, 9.17) is 0 Å². The lowest BCUT2D eigenvalue weighted by Gasteiger charge is -2.40. The molecule has 0 saturated heterocycles. The molecular weight excluding hydrogens is 357 g/mol. The fraction of sp³-hybridized carbons (Fsp3) is 0.538. The molecule has 0 atom stereocenters.